The molecule has 106 valence electrons. The van der Waals surface area contributed by atoms with Gasteiger partial charge in [-0.2, -0.15) is 0 Å². The number of amides is 3. The molecule has 6 heteroatoms. The molecule has 0 spiro atoms. The number of urea groups is 1. The Balaban J connectivity index is 1.65. The van der Waals surface area contributed by atoms with E-state index in [2.05, 4.69) is 5.32 Å². The average molecular weight is 267 g/mol. The molecule has 1 aliphatic carbocycles. The minimum absolute atomic E-state index is 0.00301. The van der Waals surface area contributed by atoms with Crippen LogP contribution in [0.4, 0.5) is 4.79 Å². The molecule has 0 bridgehead atoms. The molecule has 1 unspecified atom stereocenters. The molecule has 1 N–H and O–H groups in total. The molecule has 3 aliphatic rings. The topological polar surface area (TPSA) is 61.9 Å². The number of hydrogen-bond acceptors (Lipinski definition) is 3. The summed E-state index contributed by atoms with van der Waals surface area (Å²) in [6.45, 7) is 2.98. The molecule has 0 aromatic heterocycles. The molecule has 3 rings (SSSR count). The summed E-state index contributed by atoms with van der Waals surface area (Å²) in [5.41, 5.74) is 0. The fourth-order valence-electron chi connectivity index (χ4n) is 2.66. The zero-order valence-electron chi connectivity index (χ0n) is 11.1. The highest BCUT2D eigenvalue weighted by atomic mass is 16.5. The summed E-state index contributed by atoms with van der Waals surface area (Å²) in [5.74, 6) is -0.0604. The van der Waals surface area contributed by atoms with Crippen molar-refractivity contribution in [1.29, 1.82) is 0 Å². The van der Waals surface area contributed by atoms with Gasteiger partial charge in [0.05, 0.1) is 13.2 Å². The van der Waals surface area contributed by atoms with Crippen LogP contribution in [-0.4, -0.2) is 66.7 Å². The highest BCUT2D eigenvalue weighted by Crippen LogP contribution is 2.20. The Hall–Kier alpha value is -1.30. The fourth-order valence-corrected chi connectivity index (χ4v) is 2.66. The number of hydrogen-bond donors (Lipinski definition) is 1. The third-order valence-electron chi connectivity index (χ3n) is 3.98. The number of carbonyl (C=O) groups excluding carboxylic acids is 2. The average Bonchev–Trinajstić information content (AvgIpc) is 3.08. The molecule has 1 atom stereocenters. The lowest BCUT2D eigenvalue weighted by Gasteiger charge is -2.36. The zero-order chi connectivity index (χ0) is 13.2. The van der Waals surface area contributed by atoms with Crippen molar-refractivity contribution in [2.75, 3.05) is 32.8 Å². The van der Waals surface area contributed by atoms with Gasteiger partial charge in [0.1, 0.15) is 6.04 Å². The van der Waals surface area contributed by atoms with Crippen LogP contribution in [0.5, 0.6) is 0 Å². The maximum atomic E-state index is 12.4. The molecule has 3 amide bonds. The monoisotopic (exact) mass is 267 g/mol. The van der Waals surface area contributed by atoms with E-state index in [1.165, 1.54) is 0 Å². The van der Waals surface area contributed by atoms with Gasteiger partial charge in [-0.1, -0.05) is 0 Å². The summed E-state index contributed by atoms with van der Waals surface area (Å²) >= 11 is 0. The number of nitrogens with zero attached hydrogens (tertiary/aromatic N) is 2. The van der Waals surface area contributed by atoms with Crippen molar-refractivity contribution in [2.45, 2.75) is 37.8 Å². The smallest absolute Gasteiger partial charge is 0.320 e. The Morgan fingerprint density at radius 3 is 2.53 bits per heavy atom. The molecule has 19 heavy (non-hydrogen) atoms. The van der Waals surface area contributed by atoms with Crippen LogP contribution in [0, 0.1) is 0 Å². The standard InChI is InChI=1S/C13H21N3O3/c17-12(14-10-3-4-10)11-9-19-8-7-16(11)13(18)15-5-1-2-6-15/h10-11H,1-9H2,(H,14,17). The SMILES string of the molecule is O=C(NC1CC1)C1COCCN1C(=O)N1CCCC1. The molecule has 0 aromatic rings. The second-order valence-corrected chi connectivity index (χ2v) is 5.54. The number of nitrogens with one attached hydrogen (secondary N) is 1. The molecule has 3 fully saturated rings. The number of ether oxygens (including phenoxy) is 1. The van der Waals surface area contributed by atoms with E-state index in [9.17, 15) is 9.59 Å². The van der Waals surface area contributed by atoms with E-state index in [-0.39, 0.29) is 11.9 Å². The largest absolute Gasteiger partial charge is 0.377 e. The molecule has 0 radical (unpaired) electrons. The minimum atomic E-state index is -0.456. The molecule has 6 nitrogen and oxygen atoms in total. The summed E-state index contributed by atoms with van der Waals surface area (Å²) in [7, 11) is 0. The van der Waals surface area contributed by atoms with E-state index < -0.39 is 6.04 Å². The maximum absolute atomic E-state index is 12.4. The lowest BCUT2D eigenvalue weighted by molar-refractivity contribution is -0.130. The summed E-state index contributed by atoms with van der Waals surface area (Å²) in [6.07, 6.45) is 4.24. The van der Waals surface area contributed by atoms with Gasteiger partial charge in [-0.25, -0.2) is 4.79 Å². The van der Waals surface area contributed by atoms with Crippen LogP contribution in [0.25, 0.3) is 0 Å². The predicted molar refractivity (Wildman–Crippen MR) is 68.7 cm³/mol. The van der Waals surface area contributed by atoms with Gasteiger partial charge in [-0.3, -0.25) is 4.79 Å². The Labute approximate surface area is 113 Å². The third kappa shape index (κ3) is 2.83. The molecule has 2 heterocycles. The van der Waals surface area contributed by atoms with Gasteiger partial charge in [0, 0.05) is 25.7 Å². The van der Waals surface area contributed by atoms with Crippen LogP contribution in [0.15, 0.2) is 0 Å². The first kappa shape index (κ1) is 12.7. The Morgan fingerprint density at radius 1 is 1.11 bits per heavy atom. The van der Waals surface area contributed by atoms with Gasteiger partial charge in [-0.15, -0.1) is 0 Å². The fraction of sp³-hybridized carbons (Fsp3) is 0.846. The van der Waals surface area contributed by atoms with Crippen molar-refractivity contribution >= 4 is 11.9 Å². The van der Waals surface area contributed by atoms with E-state index in [4.69, 9.17) is 4.74 Å². The summed E-state index contributed by atoms with van der Waals surface area (Å²) in [4.78, 5) is 28.1. The van der Waals surface area contributed by atoms with Gasteiger partial charge in [0.25, 0.3) is 0 Å². The first-order valence-corrected chi connectivity index (χ1v) is 7.19. The Bertz CT molecular complexity index is 364. The van der Waals surface area contributed by atoms with Gasteiger partial charge >= 0.3 is 6.03 Å². The first-order valence-electron chi connectivity index (χ1n) is 7.19. The van der Waals surface area contributed by atoms with Gasteiger partial charge in [0.2, 0.25) is 5.91 Å². The highest BCUT2D eigenvalue weighted by Gasteiger charge is 2.37. The van der Waals surface area contributed by atoms with Crippen molar-refractivity contribution in [3.63, 3.8) is 0 Å². The molecule has 1 saturated carbocycles. The molecule has 2 saturated heterocycles. The highest BCUT2D eigenvalue weighted by molar-refractivity contribution is 5.87. The van der Waals surface area contributed by atoms with Crippen LogP contribution < -0.4 is 5.32 Å². The summed E-state index contributed by atoms with van der Waals surface area (Å²) in [5, 5.41) is 2.97. The van der Waals surface area contributed by atoms with Gasteiger partial charge < -0.3 is 19.9 Å². The van der Waals surface area contributed by atoms with Crippen LogP contribution in [-0.2, 0) is 9.53 Å². The Kier molecular flexibility index (Phi) is 3.59. The lowest BCUT2D eigenvalue weighted by Crippen LogP contribution is -2.58. The van der Waals surface area contributed by atoms with Crippen molar-refractivity contribution in [3.05, 3.63) is 0 Å². The van der Waals surface area contributed by atoms with E-state index in [1.54, 1.807) is 4.90 Å². The number of morpholine rings is 1. The van der Waals surface area contributed by atoms with Crippen LogP contribution in [0.2, 0.25) is 0 Å². The second-order valence-electron chi connectivity index (χ2n) is 5.54. The van der Waals surface area contributed by atoms with Crippen molar-refractivity contribution in [1.82, 2.24) is 15.1 Å². The van der Waals surface area contributed by atoms with Gasteiger partial charge in [0.15, 0.2) is 0 Å². The molecular formula is C13H21N3O3. The molecular weight excluding hydrogens is 246 g/mol. The number of rotatable bonds is 2. The van der Waals surface area contributed by atoms with Crippen LogP contribution in [0.1, 0.15) is 25.7 Å². The quantitative estimate of drug-likeness (QED) is 0.776. The van der Waals surface area contributed by atoms with Crippen molar-refractivity contribution in [3.8, 4) is 0 Å². The van der Waals surface area contributed by atoms with Crippen LogP contribution >= 0.6 is 0 Å². The second kappa shape index (κ2) is 5.36. The van der Waals surface area contributed by atoms with Crippen molar-refractivity contribution in [2.24, 2.45) is 0 Å². The predicted octanol–water partition coefficient (Wildman–Crippen LogP) is 0.182. The summed E-state index contributed by atoms with van der Waals surface area (Å²) < 4.78 is 5.38. The normalized spacial score (nSPS) is 27.5. The van der Waals surface area contributed by atoms with E-state index in [0.717, 1.165) is 38.8 Å². The molecule has 0 aromatic carbocycles. The maximum Gasteiger partial charge on any atom is 0.320 e. The van der Waals surface area contributed by atoms with E-state index >= 15 is 0 Å². The molecule has 2 aliphatic heterocycles. The first-order chi connectivity index (χ1) is 9.25. The minimum Gasteiger partial charge on any atom is -0.377 e. The number of carbonyl (C=O) groups is 2. The summed E-state index contributed by atoms with van der Waals surface area (Å²) in [6, 6.07) is -0.141. The van der Waals surface area contributed by atoms with Gasteiger partial charge in [-0.05, 0) is 25.7 Å². The van der Waals surface area contributed by atoms with Crippen LogP contribution in [0.3, 0.4) is 0 Å². The Morgan fingerprint density at radius 2 is 1.84 bits per heavy atom. The van der Waals surface area contributed by atoms with Crippen molar-refractivity contribution < 1.29 is 14.3 Å². The van der Waals surface area contributed by atoms with E-state index in [0.29, 0.717) is 25.8 Å². The third-order valence-corrected chi connectivity index (χ3v) is 3.98. The zero-order valence-corrected chi connectivity index (χ0v) is 11.1. The van der Waals surface area contributed by atoms with E-state index in [1.807, 2.05) is 4.90 Å². The number of likely N-dealkylation sites (tertiary alicyclic amines) is 1. The lowest BCUT2D eigenvalue weighted by atomic mass is 10.2.